The molecule has 1 aromatic heterocycles. The zero-order valence-corrected chi connectivity index (χ0v) is 12.5. The minimum absolute atomic E-state index is 0.159. The van der Waals surface area contributed by atoms with Crippen molar-refractivity contribution in [3.63, 3.8) is 0 Å². The Morgan fingerprint density at radius 2 is 1.87 bits per heavy atom. The van der Waals surface area contributed by atoms with Crippen molar-refractivity contribution in [1.29, 1.82) is 0 Å². The summed E-state index contributed by atoms with van der Waals surface area (Å²) in [6.07, 6.45) is 2.86. The Bertz CT molecular complexity index is 730. The van der Waals surface area contributed by atoms with Crippen molar-refractivity contribution in [2.75, 3.05) is 0 Å². The average molecular weight is 314 g/mol. The van der Waals surface area contributed by atoms with E-state index in [1.165, 1.54) is 0 Å². The third-order valence-corrected chi connectivity index (χ3v) is 4.27. The number of rotatable bonds is 4. The zero-order chi connectivity index (χ0) is 16.4. The van der Waals surface area contributed by atoms with E-state index in [1.807, 2.05) is 0 Å². The minimum Gasteiger partial charge on any atom is -0.508 e. The summed E-state index contributed by atoms with van der Waals surface area (Å²) in [5.41, 5.74) is 6.12. The highest BCUT2D eigenvalue weighted by Gasteiger charge is 2.41. The van der Waals surface area contributed by atoms with Gasteiger partial charge < -0.3 is 16.2 Å². The number of H-pyrrole nitrogens is 1. The van der Waals surface area contributed by atoms with E-state index in [9.17, 15) is 14.7 Å². The highest BCUT2D eigenvalue weighted by Crippen LogP contribution is 2.30. The molecule has 1 saturated carbocycles. The van der Waals surface area contributed by atoms with Crippen LogP contribution in [0.3, 0.4) is 0 Å². The fraction of sp³-hybridized carbons (Fsp3) is 0.312. The third-order valence-electron chi connectivity index (χ3n) is 4.27. The Morgan fingerprint density at radius 3 is 2.48 bits per heavy atom. The highest BCUT2D eigenvalue weighted by molar-refractivity contribution is 5.98. The Labute approximate surface area is 132 Å². The first-order valence-electron chi connectivity index (χ1n) is 7.47. The van der Waals surface area contributed by atoms with Gasteiger partial charge in [0.1, 0.15) is 17.0 Å². The number of nitrogens with two attached hydrogens (primary N) is 1. The number of aromatic amines is 1. The van der Waals surface area contributed by atoms with Gasteiger partial charge >= 0.3 is 0 Å². The molecule has 23 heavy (non-hydrogen) atoms. The maximum Gasteiger partial charge on any atom is 0.270 e. The number of phenols is 1. The van der Waals surface area contributed by atoms with Crippen molar-refractivity contribution in [2.45, 2.75) is 31.2 Å². The highest BCUT2D eigenvalue weighted by atomic mass is 16.3. The number of primary amides is 1. The molecule has 0 bridgehead atoms. The lowest BCUT2D eigenvalue weighted by Crippen LogP contribution is -2.55. The summed E-state index contributed by atoms with van der Waals surface area (Å²) in [6.45, 7) is 0. The monoisotopic (exact) mass is 314 g/mol. The number of phenolic OH excluding ortho intramolecular Hbond substituents is 1. The molecule has 1 fully saturated rings. The molecule has 2 aromatic rings. The number of benzene rings is 1. The summed E-state index contributed by atoms with van der Waals surface area (Å²) in [4.78, 5) is 24.1. The summed E-state index contributed by atoms with van der Waals surface area (Å²) in [5.74, 6) is -0.739. The van der Waals surface area contributed by atoms with Gasteiger partial charge in [-0.05, 0) is 43.2 Å². The van der Waals surface area contributed by atoms with E-state index in [2.05, 4.69) is 15.5 Å². The smallest absolute Gasteiger partial charge is 0.270 e. The molecule has 0 saturated heterocycles. The van der Waals surface area contributed by atoms with Crippen LogP contribution in [-0.2, 0) is 4.79 Å². The quantitative estimate of drug-likeness (QED) is 0.679. The van der Waals surface area contributed by atoms with Crippen molar-refractivity contribution in [1.82, 2.24) is 15.5 Å². The van der Waals surface area contributed by atoms with Gasteiger partial charge in [-0.15, -0.1) is 0 Å². The molecule has 0 unspecified atom stereocenters. The Hall–Kier alpha value is -2.83. The van der Waals surface area contributed by atoms with Crippen LogP contribution in [-0.4, -0.2) is 32.7 Å². The van der Waals surface area contributed by atoms with E-state index in [4.69, 9.17) is 5.73 Å². The molecule has 120 valence electrons. The van der Waals surface area contributed by atoms with Crippen molar-refractivity contribution in [3.8, 4) is 17.0 Å². The molecule has 1 aliphatic rings. The fourth-order valence-electron chi connectivity index (χ4n) is 2.91. The van der Waals surface area contributed by atoms with Crippen LogP contribution in [0.15, 0.2) is 30.3 Å². The topological polar surface area (TPSA) is 121 Å². The van der Waals surface area contributed by atoms with Crippen molar-refractivity contribution in [3.05, 3.63) is 36.0 Å². The molecule has 1 aliphatic carbocycles. The minimum atomic E-state index is -0.957. The number of hydrogen-bond acceptors (Lipinski definition) is 4. The summed E-state index contributed by atoms with van der Waals surface area (Å²) in [7, 11) is 0. The van der Waals surface area contributed by atoms with Gasteiger partial charge in [0.2, 0.25) is 5.91 Å². The van der Waals surface area contributed by atoms with Crippen molar-refractivity contribution in [2.24, 2.45) is 5.73 Å². The summed E-state index contributed by atoms with van der Waals surface area (Å²) >= 11 is 0. The number of amides is 2. The van der Waals surface area contributed by atoms with Crippen LogP contribution in [0.5, 0.6) is 5.75 Å². The van der Waals surface area contributed by atoms with Crippen LogP contribution < -0.4 is 11.1 Å². The van der Waals surface area contributed by atoms with E-state index in [-0.39, 0.29) is 11.4 Å². The number of carbonyl (C=O) groups excluding carboxylic acids is 2. The number of aromatic nitrogens is 2. The lowest BCUT2D eigenvalue weighted by Gasteiger charge is -2.26. The molecule has 0 spiro atoms. The van der Waals surface area contributed by atoms with Gasteiger partial charge in [0.05, 0.1) is 5.69 Å². The van der Waals surface area contributed by atoms with Gasteiger partial charge in [-0.3, -0.25) is 14.7 Å². The van der Waals surface area contributed by atoms with Crippen LogP contribution in [0.4, 0.5) is 0 Å². The number of aromatic hydroxyl groups is 1. The predicted octanol–water partition coefficient (Wildman–Crippen LogP) is 1.31. The number of nitrogens with zero attached hydrogens (tertiary/aromatic N) is 1. The molecule has 1 heterocycles. The third kappa shape index (κ3) is 2.90. The second kappa shape index (κ2) is 5.75. The zero-order valence-electron chi connectivity index (χ0n) is 12.5. The summed E-state index contributed by atoms with van der Waals surface area (Å²) in [5, 5.41) is 18.8. The average Bonchev–Trinajstić information content (AvgIpc) is 3.17. The molecule has 7 nitrogen and oxygen atoms in total. The predicted molar refractivity (Wildman–Crippen MR) is 83.5 cm³/mol. The Kier molecular flexibility index (Phi) is 3.77. The van der Waals surface area contributed by atoms with Crippen molar-refractivity contribution < 1.29 is 14.7 Å². The lowest BCUT2D eigenvalue weighted by atomic mass is 9.96. The molecule has 1 aromatic carbocycles. The van der Waals surface area contributed by atoms with E-state index < -0.39 is 17.4 Å². The molecule has 0 radical (unpaired) electrons. The van der Waals surface area contributed by atoms with Gasteiger partial charge in [0, 0.05) is 5.56 Å². The van der Waals surface area contributed by atoms with Gasteiger partial charge in [0.15, 0.2) is 0 Å². The molecule has 0 atom stereocenters. The van der Waals surface area contributed by atoms with Crippen LogP contribution in [0, 0.1) is 0 Å². The summed E-state index contributed by atoms with van der Waals surface area (Å²) in [6, 6.07) is 8.10. The van der Waals surface area contributed by atoms with Gasteiger partial charge in [-0.2, -0.15) is 5.10 Å². The Morgan fingerprint density at radius 1 is 1.22 bits per heavy atom. The molecule has 0 aliphatic heterocycles. The van der Waals surface area contributed by atoms with Crippen molar-refractivity contribution >= 4 is 11.8 Å². The maximum absolute atomic E-state index is 12.4. The largest absolute Gasteiger partial charge is 0.508 e. The first kappa shape index (κ1) is 15.1. The van der Waals surface area contributed by atoms with Gasteiger partial charge in [-0.1, -0.05) is 12.8 Å². The van der Waals surface area contributed by atoms with Crippen LogP contribution in [0.2, 0.25) is 0 Å². The van der Waals surface area contributed by atoms with Crippen LogP contribution >= 0.6 is 0 Å². The normalized spacial score (nSPS) is 16.2. The SMILES string of the molecule is NC(=O)C1(NC(=O)c2cc(-c3ccc(O)cc3)n[nH]2)CCCC1. The fourth-order valence-corrected chi connectivity index (χ4v) is 2.91. The number of carbonyl (C=O) groups is 2. The first-order chi connectivity index (χ1) is 11.0. The molecule has 2 amide bonds. The molecular formula is C16H18N4O3. The molecule has 7 heteroatoms. The standard InChI is InChI=1S/C16H18N4O3/c17-15(23)16(7-1-2-8-16)18-14(22)13-9-12(19-20-13)10-3-5-11(21)6-4-10/h3-6,9,21H,1-2,7-8H2,(H2,17,23)(H,18,22)(H,19,20). The van der Waals surface area contributed by atoms with Crippen LogP contribution in [0.25, 0.3) is 11.3 Å². The molecule has 3 rings (SSSR count). The number of nitrogens with one attached hydrogen (secondary N) is 2. The summed E-state index contributed by atoms with van der Waals surface area (Å²) < 4.78 is 0. The second-order valence-corrected chi connectivity index (χ2v) is 5.82. The lowest BCUT2D eigenvalue weighted by molar-refractivity contribution is -0.123. The van der Waals surface area contributed by atoms with E-state index in [0.29, 0.717) is 18.5 Å². The van der Waals surface area contributed by atoms with E-state index in [1.54, 1.807) is 30.3 Å². The Balaban J connectivity index is 1.78. The van der Waals surface area contributed by atoms with Gasteiger partial charge in [0.25, 0.3) is 5.91 Å². The number of hydrogen-bond donors (Lipinski definition) is 4. The van der Waals surface area contributed by atoms with E-state index in [0.717, 1.165) is 18.4 Å². The van der Waals surface area contributed by atoms with Gasteiger partial charge in [-0.25, -0.2) is 0 Å². The second-order valence-electron chi connectivity index (χ2n) is 5.82. The molecular weight excluding hydrogens is 296 g/mol. The maximum atomic E-state index is 12.4. The first-order valence-corrected chi connectivity index (χ1v) is 7.47. The van der Waals surface area contributed by atoms with E-state index >= 15 is 0 Å². The molecule has 5 N–H and O–H groups in total. The van der Waals surface area contributed by atoms with Crippen LogP contribution in [0.1, 0.15) is 36.2 Å².